The van der Waals surface area contributed by atoms with Crippen molar-refractivity contribution in [2.24, 2.45) is 0 Å². The van der Waals surface area contributed by atoms with Crippen molar-refractivity contribution in [2.45, 2.75) is 51.2 Å². The molecule has 1 rings (SSSR count). The zero-order valence-electron chi connectivity index (χ0n) is 10.1. The van der Waals surface area contributed by atoms with Gasteiger partial charge in [0.25, 0.3) is 0 Å². The Hall–Kier alpha value is -0.120. The van der Waals surface area contributed by atoms with Crippen LogP contribution in [0.5, 0.6) is 0 Å². The van der Waals surface area contributed by atoms with E-state index in [9.17, 15) is 0 Å². The standard InChI is InChI=1S/C12H25NO2/c1-3-12-10-11(6-9-15-12)13-7-4-5-8-14-2/h11-13H,3-10H2,1-2H3. The van der Waals surface area contributed by atoms with E-state index < -0.39 is 0 Å². The number of hydrogen-bond acceptors (Lipinski definition) is 3. The summed E-state index contributed by atoms with van der Waals surface area (Å²) in [5.74, 6) is 0. The highest BCUT2D eigenvalue weighted by Crippen LogP contribution is 2.16. The maximum atomic E-state index is 5.64. The van der Waals surface area contributed by atoms with Crippen LogP contribution in [-0.4, -0.2) is 39.0 Å². The first-order valence-electron chi connectivity index (χ1n) is 6.20. The minimum absolute atomic E-state index is 0.482. The van der Waals surface area contributed by atoms with Crippen molar-refractivity contribution in [3.63, 3.8) is 0 Å². The monoisotopic (exact) mass is 215 g/mol. The molecule has 0 aromatic heterocycles. The summed E-state index contributed by atoms with van der Waals surface area (Å²) < 4.78 is 10.7. The summed E-state index contributed by atoms with van der Waals surface area (Å²) in [5, 5.41) is 3.61. The Morgan fingerprint density at radius 3 is 3.00 bits per heavy atom. The summed E-state index contributed by atoms with van der Waals surface area (Å²) in [6, 6.07) is 0.672. The molecule has 90 valence electrons. The molecule has 1 aliphatic heterocycles. The Morgan fingerprint density at radius 2 is 2.27 bits per heavy atom. The number of nitrogens with one attached hydrogen (secondary N) is 1. The Labute approximate surface area is 93.5 Å². The van der Waals surface area contributed by atoms with Gasteiger partial charge in [0.1, 0.15) is 0 Å². The molecule has 1 N–H and O–H groups in total. The minimum Gasteiger partial charge on any atom is -0.385 e. The van der Waals surface area contributed by atoms with Gasteiger partial charge in [-0.3, -0.25) is 0 Å². The first-order valence-corrected chi connectivity index (χ1v) is 6.20. The molecule has 0 aromatic carbocycles. The zero-order chi connectivity index (χ0) is 10.9. The van der Waals surface area contributed by atoms with E-state index in [4.69, 9.17) is 9.47 Å². The van der Waals surface area contributed by atoms with Crippen LogP contribution in [-0.2, 0) is 9.47 Å². The summed E-state index contributed by atoms with van der Waals surface area (Å²) in [4.78, 5) is 0. The van der Waals surface area contributed by atoms with Gasteiger partial charge in [-0.2, -0.15) is 0 Å². The molecule has 0 bridgehead atoms. The number of ether oxygens (including phenoxy) is 2. The van der Waals surface area contributed by atoms with Crippen molar-refractivity contribution in [1.29, 1.82) is 0 Å². The average molecular weight is 215 g/mol. The van der Waals surface area contributed by atoms with Crippen LogP contribution in [0.3, 0.4) is 0 Å². The van der Waals surface area contributed by atoms with Crippen molar-refractivity contribution >= 4 is 0 Å². The quantitative estimate of drug-likeness (QED) is 0.659. The number of methoxy groups -OCH3 is 1. The number of hydrogen-bond donors (Lipinski definition) is 1. The fourth-order valence-electron chi connectivity index (χ4n) is 2.03. The van der Waals surface area contributed by atoms with Gasteiger partial charge in [-0.25, -0.2) is 0 Å². The first kappa shape index (κ1) is 12.9. The highest BCUT2D eigenvalue weighted by atomic mass is 16.5. The summed E-state index contributed by atoms with van der Waals surface area (Å²) in [6.45, 7) is 5.12. The first-order chi connectivity index (χ1) is 7.36. The lowest BCUT2D eigenvalue weighted by atomic mass is 10.0. The van der Waals surface area contributed by atoms with Crippen molar-refractivity contribution < 1.29 is 9.47 Å². The van der Waals surface area contributed by atoms with Gasteiger partial charge in [0.2, 0.25) is 0 Å². The molecule has 0 aliphatic carbocycles. The van der Waals surface area contributed by atoms with Crippen molar-refractivity contribution in [3.8, 4) is 0 Å². The largest absolute Gasteiger partial charge is 0.385 e. The normalized spacial score (nSPS) is 26.8. The summed E-state index contributed by atoms with van der Waals surface area (Å²) in [7, 11) is 1.76. The third kappa shape index (κ3) is 5.50. The topological polar surface area (TPSA) is 30.5 Å². The lowest BCUT2D eigenvalue weighted by Gasteiger charge is -2.29. The molecule has 15 heavy (non-hydrogen) atoms. The Kier molecular flexibility index (Phi) is 6.98. The van der Waals surface area contributed by atoms with E-state index in [0.29, 0.717) is 12.1 Å². The number of unbranched alkanes of at least 4 members (excludes halogenated alkanes) is 1. The van der Waals surface area contributed by atoms with Crippen LogP contribution in [0, 0.1) is 0 Å². The molecule has 0 saturated carbocycles. The van der Waals surface area contributed by atoms with Crippen LogP contribution in [0.2, 0.25) is 0 Å². The van der Waals surface area contributed by atoms with Crippen molar-refractivity contribution in [3.05, 3.63) is 0 Å². The van der Waals surface area contributed by atoms with E-state index >= 15 is 0 Å². The van der Waals surface area contributed by atoms with Gasteiger partial charge in [-0.15, -0.1) is 0 Å². The second kappa shape index (κ2) is 8.08. The van der Waals surface area contributed by atoms with Crippen LogP contribution in [0.25, 0.3) is 0 Å². The van der Waals surface area contributed by atoms with Crippen molar-refractivity contribution in [1.82, 2.24) is 5.32 Å². The molecule has 2 unspecified atom stereocenters. The number of rotatable bonds is 7. The predicted molar refractivity (Wildman–Crippen MR) is 62.2 cm³/mol. The van der Waals surface area contributed by atoms with Crippen LogP contribution >= 0.6 is 0 Å². The van der Waals surface area contributed by atoms with Gasteiger partial charge >= 0.3 is 0 Å². The second-order valence-electron chi connectivity index (χ2n) is 4.28. The maximum Gasteiger partial charge on any atom is 0.0587 e. The SMILES string of the molecule is CCC1CC(NCCCCOC)CCO1. The van der Waals surface area contributed by atoms with Gasteiger partial charge in [-0.05, 0) is 38.6 Å². The molecule has 0 spiro atoms. The summed E-state index contributed by atoms with van der Waals surface area (Å²) in [5.41, 5.74) is 0. The van der Waals surface area contributed by atoms with Crippen molar-refractivity contribution in [2.75, 3.05) is 26.9 Å². The van der Waals surface area contributed by atoms with E-state index in [1.165, 1.54) is 19.3 Å². The van der Waals surface area contributed by atoms with Gasteiger partial charge in [0.05, 0.1) is 6.10 Å². The third-order valence-corrected chi connectivity index (χ3v) is 3.03. The van der Waals surface area contributed by atoms with Gasteiger partial charge in [0, 0.05) is 26.4 Å². The Balaban J connectivity index is 2.00. The maximum absolute atomic E-state index is 5.64. The Morgan fingerprint density at radius 1 is 1.40 bits per heavy atom. The molecule has 0 radical (unpaired) electrons. The molecule has 0 aromatic rings. The van der Waals surface area contributed by atoms with Crippen LogP contribution in [0.1, 0.15) is 39.0 Å². The predicted octanol–water partition coefficient (Wildman–Crippen LogP) is 1.96. The molecule has 3 nitrogen and oxygen atoms in total. The second-order valence-corrected chi connectivity index (χ2v) is 4.28. The van der Waals surface area contributed by atoms with Crippen LogP contribution in [0.4, 0.5) is 0 Å². The van der Waals surface area contributed by atoms with Gasteiger partial charge in [-0.1, -0.05) is 6.92 Å². The van der Waals surface area contributed by atoms with Gasteiger partial charge < -0.3 is 14.8 Å². The molecular weight excluding hydrogens is 190 g/mol. The molecular formula is C12H25NO2. The summed E-state index contributed by atoms with van der Waals surface area (Å²) in [6.07, 6.45) is 6.34. The highest BCUT2D eigenvalue weighted by molar-refractivity contribution is 4.75. The van der Waals surface area contributed by atoms with E-state index in [2.05, 4.69) is 12.2 Å². The van der Waals surface area contributed by atoms with E-state index in [-0.39, 0.29) is 0 Å². The molecule has 1 aliphatic rings. The van der Waals surface area contributed by atoms with E-state index in [0.717, 1.165) is 32.6 Å². The van der Waals surface area contributed by atoms with Crippen LogP contribution in [0.15, 0.2) is 0 Å². The van der Waals surface area contributed by atoms with E-state index in [1.807, 2.05) is 0 Å². The minimum atomic E-state index is 0.482. The molecule has 2 atom stereocenters. The Bertz CT molecular complexity index is 153. The lowest BCUT2D eigenvalue weighted by molar-refractivity contribution is -0.0000595. The van der Waals surface area contributed by atoms with E-state index in [1.54, 1.807) is 7.11 Å². The lowest BCUT2D eigenvalue weighted by Crippen LogP contribution is -2.39. The molecule has 1 heterocycles. The summed E-state index contributed by atoms with van der Waals surface area (Å²) >= 11 is 0. The molecule has 3 heteroatoms. The molecule has 1 fully saturated rings. The smallest absolute Gasteiger partial charge is 0.0587 e. The zero-order valence-corrected chi connectivity index (χ0v) is 10.1. The molecule has 1 saturated heterocycles. The van der Waals surface area contributed by atoms with Crippen LogP contribution < -0.4 is 5.32 Å². The fraction of sp³-hybridized carbons (Fsp3) is 1.00. The average Bonchev–Trinajstić information content (AvgIpc) is 2.29. The fourth-order valence-corrected chi connectivity index (χ4v) is 2.03. The highest BCUT2D eigenvalue weighted by Gasteiger charge is 2.20. The molecule has 0 amide bonds. The van der Waals surface area contributed by atoms with Gasteiger partial charge in [0.15, 0.2) is 0 Å². The third-order valence-electron chi connectivity index (χ3n) is 3.03.